The first kappa shape index (κ1) is 27.3. The molecule has 3 aromatic carbocycles. The SMILES string of the molecule is COCCCN(CC(=O)Nc1c(-c2ccccc2)c(C)nn1-c1ccccc1C)S(=O)(=O)c1ccccc1. The highest BCUT2D eigenvalue weighted by molar-refractivity contribution is 7.89. The van der Waals surface area contributed by atoms with Gasteiger partial charge in [0.05, 0.1) is 22.8 Å². The first-order chi connectivity index (χ1) is 18.3. The van der Waals surface area contributed by atoms with Gasteiger partial charge >= 0.3 is 0 Å². The predicted molar refractivity (Wildman–Crippen MR) is 149 cm³/mol. The average Bonchev–Trinajstić information content (AvgIpc) is 3.24. The van der Waals surface area contributed by atoms with E-state index in [0.29, 0.717) is 18.8 Å². The summed E-state index contributed by atoms with van der Waals surface area (Å²) in [5, 5.41) is 7.75. The Morgan fingerprint density at radius 2 is 1.58 bits per heavy atom. The Bertz CT molecular complexity index is 1490. The average molecular weight is 533 g/mol. The van der Waals surface area contributed by atoms with Crippen LogP contribution < -0.4 is 5.32 Å². The second-order valence-corrected chi connectivity index (χ2v) is 10.9. The fraction of sp³-hybridized carbons (Fsp3) is 0.241. The van der Waals surface area contributed by atoms with E-state index in [-0.39, 0.29) is 18.0 Å². The molecule has 4 aromatic rings. The third-order valence-corrected chi connectivity index (χ3v) is 8.04. The number of benzene rings is 3. The van der Waals surface area contributed by atoms with E-state index in [4.69, 9.17) is 9.84 Å². The number of carbonyl (C=O) groups is 1. The summed E-state index contributed by atoms with van der Waals surface area (Å²) in [5.74, 6) is 0.0239. The molecule has 4 rings (SSSR count). The standard InChI is InChI=1S/C29H32N4O4S/c1-22-13-10-11-18-26(22)33-29(28(23(2)31-33)24-14-6-4-7-15-24)30-27(34)21-32(19-12-20-37-3)38(35,36)25-16-8-5-9-17-25/h4-11,13-18H,12,19-21H2,1-3H3,(H,30,34). The molecular formula is C29H32N4O4S. The van der Waals surface area contributed by atoms with Gasteiger partial charge in [0.2, 0.25) is 15.9 Å². The number of aromatic nitrogens is 2. The van der Waals surface area contributed by atoms with Gasteiger partial charge in [-0.05, 0) is 49.6 Å². The van der Waals surface area contributed by atoms with Gasteiger partial charge in [-0.3, -0.25) is 4.79 Å². The van der Waals surface area contributed by atoms with E-state index in [1.165, 1.54) is 16.4 Å². The van der Waals surface area contributed by atoms with Crippen molar-refractivity contribution in [1.29, 1.82) is 0 Å². The quantitative estimate of drug-likeness (QED) is 0.280. The number of anilines is 1. The first-order valence-corrected chi connectivity index (χ1v) is 13.8. The van der Waals surface area contributed by atoms with E-state index in [1.807, 2.05) is 68.4 Å². The van der Waals surface area contributed by atoms with Gasteiger partial charge in [0.15, 0.2) is 0 Å². The lowest BCUT2D eigenvalue weighted by molar-refractivity contribution is -0.116. The van der Waals surface area contributed by atoms with E-state index < -0.39 is 15.9 Å². The normalized spacial score (nSPS) is 11.6. The lowest BCUT2D eigenvalue weighted by Gasteiger charge is -2.22. The van der Waals surface area contributed by atoms with Gasteiger partial charge in [-0.1, -0.05) is 66.7 Å². The summed E-state index contributed by atoms with van der Waals surface area (Å²) in [5.41, 5.74) is 4.22. The van der Waals surface area contributed by atoms with E-state index >= 15 is 0 Å². The Labute approximate surface area is 223 Å². The Morgan fingerprint density at radius 1 is 0.947 bits per heavy atom. The Balaban J connectivity index is 1.71. The van der Waals surface area contributed by atoms with Crippen LogP contribution in [0.4, 0.5) is 5.82 Å². The number of ether oxygens (including phenoxy) is 1. The van der Waals surface area contributed by atoms with Gasteiger partial charge in [-0.2, -0.15) is 9.40 Å². The van der Waals surface area contributed by atoms with Crippen molar-refractivity contribution >= 4 is 21.7 Å². The van der Waals surface area contributed by atoms with Crippen LogP contribution in [0.25, 0.3) is 16.8 Å². The molecule has 1 N–H and O–H groups in total. The molecule has 0 saturated carbocycles. The van der Waals surface area contributed by atoms with Crippen LogP contribution in [-0.2, 0) is 19.6 Å². The number of carbonyl (C=O) groups excluding carboxylic acids is 1. The highest BCUT2D eigenvalue weighted by Crippen LogP contribution is 2.34. The molecule has 0 aliphatic heterocycles. The van der Waals surface area contributed by atoms with Crippen molar-refractivity contribution in [2.24, 2.45) is 0 Å². The maximum Gasteiger partial charge on any atom is 0.243 e. The molecule has 38 heavy (non-hydrogen) atoms. The summed E-state index contributed by atoms with van der Waals surface area (Å²) in [6.07, 6.45) is 0.450. The van der Waals surface area contributed by atoms with Crippen molar-refractivity contribution in [3.05, 3.63) is 96.2 Å². The fourth-order valence-electron chi connectivity index (χ4n) is 4.31. The monoisotopic (exact) mass is 532 g/mol. The molecule has 0 aliphatic carbocycles. The van der Waals surface area contributed by atoms with E-state index in [9.17, 15) is 13.2 Å². The zero-order chi connectivity index (χ0) is 27.1. The van der Waals surface area contributed by atoms with Gasteiger partial charge in [0, 0.05) is 25.8 Å². The zero-order valence-corrected chi connectivity index (χ0v) is 22.6. The smallest absolute Gasteiger partial charge is 0.243 e. The summed E-state index contributed by atoms with van der Waals surface area (Å²) in [7, 11) is -2.34. The third-order valence-electron chi connectivity index (χ3n) is 6.18. The Kier molecular flexibility index (Phi) is 8.73. The minimum Gasteiger partial charge on any atom is -0.385 e. The number of hydrogen-bond acceptors (Lipinski definition) is 5. The van der Waals surface area contributed by atoms with Gasteiger partial charge in [0.25, 0.3) is 0 Å². The van der Waals surface area contributed by atoms with Crippen molar-refractivity contribution in [3.63, 3.8) is 0 Å². The van der Waals surface area contributed by atoms with Crippen molar-refractivity contribution in [2.45, 2.75) is 25.2 Å². The van der Waals surface area contributed by atoms with Crippen LogP contribution >= 0.6 is 0 Å². The number of nitrogens with one attached hydrogen (secondary N) is 1. The maximum absolute atomic E-state index is 13.5. The highest BCUT2D eigenvalue weighted by Gasteiger charge is 2.28. The minimum absolute atomic E-state index is 0.135. The van der Waals surface area contributed by atoms with Gasteiger partial charge in [-0.25, -0.2) is 13.1 Å². The van der Waals surface area contributed by atoms with Gasteiger partial charge in [0.1, 0.15) is 5.82 Å². The molecular weight excluding hydrogens is 500 g/mol. The molecule has 0 spiro atoms. The summed E-state index contributed by atoms with van der Waals surface area (Å²) in [4.78, 5) is 13.6. The number of sulfonamides is 1. The lowest BCUT2D eigenvalue weighted by Crippen LogP contribution is -2.39. The summed E-state index contributed by atoms with van der Waals surface area (Å²) in [6, 6.07) is 25.6. The third kappa shape index (κ3) is 6.02. The molecule has 0 fully saturated rings. The molecule has 0 bridgehead atoms. The van der Waals surface area contributed by atoms with E-state index in [2.05, 4.69) is 5.32 Å². The van der Waals surface area contributed by atoms with Crippen LogP contribution in [-0.4, -0.2) is 55.2 Å². The van der Waals surface area contributed by atoms with E-state index in [1.54, 1.807) is 30.0 Å². The summed E-state index contributed by atoms with van der Waals surface area (Å²) < 4.78 is 34.9. The fourth-order valence-corrected chi connectivity index (χ4v) is 5.77. The predicted octanol–water partition coefficient (Wildman–Crippen LogP) is 4.82. The van der Waals surface area contributed by atoms with Gasteiger partial charge in [-0.15, -0.1) is 0 Å². The molecule has 0 unspecified atom stereocenters. The number of nitrogens with zero attached hydrogens (tertiary/aromatic N) is 3. The summed E-state index contributed by atoms with van der Waals surface area (Å²) in [6.45, 7) is 4.03. The molecule has 1 amide bonds. The molecule has 0 atom stereocenters. The van der Waals surface area contributed by atoms with Crippen molar-refractivity contribution < 1.29 is 17.9 Å². The van der Waals surface area contributed by atoms with Crippen LogP contribution in [0.3, 0.4) is 0 Å². The molecule has 198 valence electrons. The largest absolute Gasteiger partial charge is 0.385 e. The molecule has 1 aromatic heterocycles. The second kappa shape index (κ2) is 12.2. The number of para-hydroxylation sites is 1. The molecule has 0 radical (unpaired) electrons. The van der Waals surface area contributed by atoms with Crippen molar-refractivity contribution in [3.8, 4) is 16.8 Å². The molecule has 0 aliphatic rings. The molecule has 9 heteroatoms. The minimum atomic E-state index is -3.90. The topological polar surface area (TPSA) is 93.5 Å². The van der Waals surface area contributed by atoms with Crippen LogP contribution in [0.5, 0.6) is 0 Å². The number of rotatable bonds is 11. The van der Waals surface area contributed by atoms with Crippen LogP contribution in [0.1, 0.15) is 17.7 Å². The number of hydrogen-bond donors (Lipinski definition) is 1. The molecule has 8 nitrogen and oxygen atoms in total. The Hall–Kier alpha value is -3.79. The first-order valence-electron chi connectivity index (χ1n) is 12.4. The maximum atomic E-state index is 13.5. The van der Waals surface area contributed by atoms with Crippen LogP contribution in [0, 0.1) is 13.8 Å². The van der Waals surface area contributed by atoms with Crippen LogP contribution in [0.15, 0.2) is 89.8 Å². The lowest BCUT2D eigenvalue weighted by atomic mass is 10.1. The zero-order valence-electron chi connectivity index (χ0n) is 21.8. The summed E-state index contributed by atoms with van der Waals surface area (Å²) >= 11 is 0. The molecule has 1 heterocycles. The number of amides is 1. The molecule has 0 saturated heterocycles. The number of methoxy groups -OCH3 is 1. The van der Waals surface area contributed by atoms with Gasteiger partial charge < -0.3 is 10.1 Å². The number of aryl methyl sites for hydroxylation is 2. The van der Waals surface area contributed by atoms with E-state index in [0.717, 1.165) is 28.1 Å². The highest BCUT2D eigenvalue weighted by atomic mass is 32.2. The Morgan fingerprint density at radius 3 is 2.24 bits per heavy atom. The second-order valence-electron chi connectivity index (χ2n) is 8.92. The van der Waals surface area contributed by atoms with Crippen molar-refractivity contribution in [2.75, 3.05) is 32.1 Å². The van der Waals surface area contributed by atoms with Crippen LogP contribution in [0.2, 0.25) is 0 Å². The van der Waals surface area contributed by atoms with Crippen molar-refractivity contribution in [1.82, 2.24) is 14.1 Å².